The molecule has 2 heterocycles. The van der Waals surface area contributed by atoms with Crippen LogP contribution < -0.4 is 11.1 Å². The summed E-state index contributed by atoms with van der Waals surface area (Å²) >= 11 is 0. The molecule has 0 spiro atoms. The van der Waals surface area contributed by atoms with Crippen molar-refractivity contribution in [3.05, 3.63) is 46.9 Å². The second-order valence-electron chi connectivity index (χ2n) is 7.93. The Morgan fingerprint density at radius 3 is 2.39 bits per heavy atom. The largest absolute Gasteiger partial charge is 0.417 e. The summed E-state index contributed by atoms with van der Waals surface area (Å²) in [5.74, 6) is 1.43. The van der Waals surface area contributed by atoms with Crippen LogP contribution >= 0.6 is 0 Å². The second kappa shape index (κ2) is 8.26. The maximum absolute atomic E-state index is 13.7. The maximum atomic E-state index is 13.7. The normalized spacial score (nSPS) is 19.4. The van der Waals surface area contributed by atoms with Crippen molar-refractivity contribution >= 4 is 11.8 Å². The fourth-order valence-electron chi connectivity index (χ4n) is 4.00. The predicted octanol–water partition coefficient (Wildman–Crippen LogP) is 4.63. The summed E-state index contributed by atoms with van der Waals surface area (Å²) in [6.07, 6.45) is -1.15. The Morgan fingerprint density at radius 2 is 1.74 bits per heavy atom. The number of hydrogen-bond donors (Lipinski definition) is 3. The number of nitrogens with two attached hydrogens (primary N) is 1. The molecular formula is C21H24F3N7. The second-order valence-corrected chi connectivity index (χ2v) is 7.93. The molecule has 0 atom stereocenters. The van der Waals surface area contributed by atoms with E-state index in [0.717, 1.165) is 43.0 Å². The summed E-state index contributed by atoms with van der Waals surface area (Å²) in [4.78, 5) is 13.3. The molecule has 10 heteroatoms. The van der Waals surface area contributed by atoms with Crippen LogP contribution in [0.3, 0.4) is 0 Å². The summed E-state index contributed by atoms with van der Waals surface area (Å²) in [5.41, 5.74) is 6.73. The number of H-pyrrole nitrogens is 1. The molecule has 164 valence electrons. The van der Waals surface area contributed by atoms with Crippen LogP contribution in [0.2, 0.25) is 0 Å². The number of rotatable bonds is 4. The van der Waals surface area contributed by atoms with E-state index >= 15 is 0 Å². The Labute approximate surface area is 177 Å². The zero-order chi connectivity index (χ0) is 22.2. The average Bonchev–Trinajstić information content (AvgIpc) is 3.14. The number of halogens is 3. The number of aryl methyl sites for hydroxylation is 1. The number of nitrogens with zero attached hydrogens (tertiary/aromatic N) is 4. The van der Waals surface area contributed by atoms with E-state index in [4.69, 9.17) is 5.73 Å². The van der Waals surface area contributed by atoms with Gasteiger partial charge in [0.15, 0.2) is 5.82 Å². The first kappa shape index (κ1) is 21.2. The van der Waals surface area contributed by atoms with E-state index in [1.165, 1.54) is 12.1 Å². The lowest BCUT2D eigenvalue weighted by atomic mass is 9.83. The van der Waals surface area contributed by atoms with E-state index in [-0.39, 0.29) is 23.3 Å². The molecule has 0 amide bonds. The zero-order valence-electron chi connectivity index (χ0n) is 17.3. The first-order valence-corrected chi connectivity index (χ1v) is 10.2. The van der Waals surface area contributed by atoms with Crippen LogP contribution in [0.25, 0.3) is 11.4 Å². The van der Waals surface area contributed by atoms with E-state index < -0.39 is 11.7 Å². The number of hydrogen-bond acceptors (Lipinski definition) is 6. The highest BCUT2D eigenvalue weighted by Crippen LogP contribution is 2.39. The van der Waals surface area contributed by atoms with Gasteiger partial charge in [0.1, 0.15) is 11.6 Å². The molecule has 31 heavy (non-hydrogen) atoms. The molecule has 1 fully saturated rings. The van der Waals surface area contributed by atoms with Gasteiger partial charge in [-0.25, -0.2) is 9.97 Å². The Morgan fingerprint density at radius 1 is 1.03 bits per heavy atom. The van der Waals surface area contributed by atoms with Crippen molar-refractivity contribution in [2.75, 3.05) is 5.32 Å². The molecule has 0 bridgehead atoms. The SMILES string of the molecule is Cc1nc(Nc2nc(-c3ccccc3C(F)(F)F)nc(C3CCC(N)CC3)c2C)n[nH]1. The van der Waals surface area contributed by atoms with Gasteiger partial charge in [-0.05, 0) is 45.6 Å². The predicted molar refractivity (Wildman–Crippen MR) is 111 cm³/mol. The van der Waals surface area contributed by atoms with Gasteiger partial charge < -0.3 is 11.1 Å². The molecule has 0 unspecified atom stereocenters. The van der Waals surface area contributed by atoms with Gasteiger partial charge in [0.25, 0.3) is 0 Å². The highest BCUT2D eigenvalue weighted by Gasteiger charge is 2.35. The molecule has 0 aliphatic heterocycles. The number of aromatic amines is 1. The molecular weight excluding hydrogens is 407 g/mol. The molecule has 7 nitrogen and oxygen atoms in total. The highest BCUT2D eigenvalue weighted by atomic mass is 19.4. The Hall–Kier alpha value is -3.01. The summed E-state index contributed by atoms with van der Waals surface area (Å²) < 4.78 is 41.0. The van der Waals surface area contributed by atoms with Crippen molar-refractivity contribution in [2.45, 2.75) is 57.7 Å². The van der Waals surface area contributed by atoms with Gasteiger partial charge in [-0.15, -0.1) is 5.10 Å². The Bertz CT molecular complexity index is 1070. The summed E-state index contributed by atoms with van der Waals surface area (Å²) in [6.45, 7) is 3.62. The molecule has 0 saturated heterocycles. The van der Waals surface area contributed by atoms with Crippen LogP contribution in [0.1, 0.15) is 54.2 Å². The summed E-state index contributed by atoms with van der Waals surface area (Å²) in [5, 5.41) is 9.84. The van der Waals surface area contributed by atoms with Crippen LogP contribution in [0.15, 0.2) is 24.3 Å². The van der Waals surface area contributed by atoms with Crippen molar-refractivity contribution in [2.24, 2.45) is 5.73 Å². The summed E-state index contributed by atoms with van der Waals surface area (Å²) in [6, 6.07) is 5.51. The van der Waals surface area contributed by atoms with Gasteiger partial charge in [-0.3, -0.25) is 5.10 Å². The fourth-order valence-corrected chi connectivity index (χ4v) is 4.00. The first-order chi connectivity index (χ1) is 14.7. The lowest BCUT2D eigenvalue weighted by Crippen LogP contribution is -2.26. The molecule has 1 aliphatic rings. The van der Waals surface area contributed by atoms with Crippen molar-refractivity contribution in [1.82, 2.24) is 25.1 Å². The van der Waals surface area contributed by atoms with Gasteiger partial charge in [0, 0.05) is 23.1 Å². The van der Waals surface area contributed by atoms with E-state index in [9.17, 15) is 13.2 Å². The Balaban J connectivity index is 1.84. The molecule has 2 aromatic heterocycles. The fraction of sp³-hybridized carbons (Fsp3) is 0.429. The number of nitrogens with one attached hydrogen (secondary N) is 2. The minimum Gasteiger partial charge on any atom is -0.328 e. The molecule has 1 saturated carbocycles. The van der Waals surface area contributed by atoms with Gasteiger partial charge in [0.05, 0.1) is 11.3 Å². The third kappa shape index (κ3) is 4.53. The van der Waals surface area contributed by atoms with E-state index in [0.29, 0.717) is 17.6 Å². The molecule has 4 N–H and O–H groups in total. The molecule has 1 aliphatic carbocycles. The van der Waals surface area contributed by atoms with Gasteiger partial charge >= 0.3 is 6.18 Å². The molecule has 4 rings (SSSR count). The minimum absolute atomic E-state index is 0.0261. The third-order valence-corrected chi connectivity index (χ3v) is 5.64. The van der Waals surface area contributed by atoms with E-state index in [2.05, 4.69) is 30.5 Å². The first-order valence-electron chi connectivity index (χ1n) is 10.2. The number of benzene rings is 1. The molecule has 3 aromatic rings. The van der Waals surface area contributed by atoms with Gasteiger partial charge in [-0.2, -0.15) is 18.2 Å². The van der Waals surface area contributed by atoms with Gasteiger partial charge in [-0.1, -0.05) is 18.2 Å². The zero-order valence-corrected chi connectivity index (χ0v) is 17.3. The number of alkyl halides is 3. The minimum atomic E-state index is -4.52. The van der Waals surface area contributed by atoms with E-state index in [1.807, 2.05) is 6.92 Å². The average molecular weight is 431 g/mol. The van der Waals surface area contributed by atoms with Crippen LogP contribution in [0.4, 0.5) is 24.9 Å². The molecule has 0 radical (unpaired) electrons. The monoisotopic (exact) mass is 431 g/mol. The molecule has 1 aromatic carbocycles. The lowest BCUT2D eigenvalue weighted by Gasteiger charge is -2.27. The smallest absolute Gasteiger partial charge is 0.328 e. The van der Waals surface area contributed by atoms with Gasteiger partial charge in [0.2, 0.25) is 5.95 Å². The van der Waals surface area contributed by atoms with Crippen molar-refractivity contribution in [1.29, 1.82) is 0 Å². The van der Waals surface area contributed by atoms with Crippen molar-refractivity contribution in [3.8, 4) is 11.4 Å². The van der Waals surface area contributed by atoms with E-state index in [1.54, 1.807) is 13.0 Å². The standard InChI is InChI=1S/C21H24F3N7/c1-11-17(13-7-9-14(25)10-8-13)27-19(15-5-3-4-6-16(15)21(22,23)24)28-18(11)29-20-26-12(2)30-31-20/h3-6,13-14H,7-10,25H2,1-2H3,(H2,26,27,28,29,30,31). The topological polar surface area (TPSA) is 105 Å². The third-order valence-electron chi connectivity index (χ3n) is 5.64. The van der Waals surface area contributed by atoms with Crippen molar-refractivity contribution < 1.29 is 13.2 Å². The number of anilines is 2. The Kier molecular flexibility index (Phi) is 5.65. The van der Waals surface area contributed by atoms with Crippen LogP contribution in [0.5, 0.6) is 0 Å². The lowest BCUT2D eigenvalue weighted by molar-refractivity contribution is -0.137. The number of aromatic nitrogens is 5. The van der Waals surface area contributed by atoms with Crippen LogP contribution in [0, 0.1) is 13.8 Å². The summed E-state index contributed by atoms with van der Waals surface area (Å²) in [7, 11) is 0. The quantitative estimate of drug-likeness (QED) is 0.556. The van der Waals surface area contributed by atoms with Crippen LogP contribution in [-0.4, -0.2) is 31.2 Å². The van der Waals surface area contributed by atoms with Crippen LogP contribution in [-0.2, 0) is 6.18 Å². The maximum Gasteiger partial charge on any atom is 0.417 e. The van der Waals surface area contributed by atoms with Crippen molar-refractivity contribution in [3.63, 3.8) is 0 Å². The highest BCUT2D eigenvalue weighted by molar-refractivity contribution is 5.66.